The monoisotopic (exact) mass is 198 g/mol. The summed E-state index contributed by atoms with van der Waals surface area (Å²) in [7, 11) is 0. The summed E-state index contributed by atoms with van der Waals surface area (Å²) in [5.74, 6) is 0.874. The molecule has 1 N–H and O–H groups in total. The molecule has 0 aromatic rings. The Morgan fingerprint density at radius 2 is 2.23 bits per heavy atom. The van der Waals surface area contributed by atoms with Gasteiger partial charge < -0.3 is 10.2 Å². The Hall–Kier alpha value is -0.310. The zero-order valence-corrected chi connectivity index (χ0v) is 9.07. The van der Waals surface area contributed by atoms with Crippen LogP contribution in [0.4, 0.5) is 0 Å². The van der Waals surface area contributed by atoms with Gasteiger partial charge in [0.2, 0.25) is 0 Å². The molecule has 2 rings (SSSR count). The van der Waals surface area contributed by atoms with Crippen molar-refractivity contribution in [3.05, 3.63) is 0 Å². The molecule has 0 bridgehead atoms. The molecule has 74 valence electrons. The minimum Gasteiger partial charge on any atom is -0.360 e. The number of hydrogen-bond acceptors (Lipinski definition) is 1. The van der Waals surface area contributed by atoms with E-state index >= 15 is 0 Å². The number of thiocarbonyl (C=S) groups is 1. The van der Waals surface area contributed by atoms with Gasteiger partial charge in [0.25, 0.3) is 0 Å². The molecule has 2 aliphatic rings. The van der Waals surface area contributed by atoms with Crippen molar-refractivity contribution in [3.8, 4) is 0 Å². The summed E-state index contributed by atoms with van der Waals surface area (Å²) in [6.45, 7) is 4.61. The molecule has 0 spiro atoms. The summed E-state index contributed by atoms with van der Waals surface area (Å²) in [6.07, 6.45) is 5.24. The Balaban J connectivity index is 1.77. The van der Waals surface area contributed by atoms with Crippen molar-refractivity contribution < 1.29 is 0 Å². The quantitative estimate of drug-likeness (QED) is 0.681. The number of likely N-dealkylation sites (tertiary alicyclic amines) is 1. The van der Waals surface area contributed by atoms with E-state index in [2.05, 4.69) is 17.1 Å². The number of hydrogen-bond donors (Lipinski definition) is 1. The molecule has 2 nitrogen and oxygen atoms in total. The molecule has 1 aliphatic heterocycles. The maximum absolute atomic E-state index is 5.35. The first-order valence-electron chi connectivity index (χ1n) is 5.35. The molecule has 1 aliphatic carbocycles. The van der Waals surface area contributed by atoms with Crippen LogP contribution in [0.3, 0.4) is 0 Å². The van der Waals surface area contributed by atoms with Crippen LogP contribution >= 0.6 is 12.2 Å². The van der Waals surface area contributed by atoms with Crippen LogP contribution in [0.1, 0.15) is 32.6 Å². The lowest BCUT2D eigenvalue weighted by molar-refractivity contribution is 0.464. The van der Waals surface area contributed by atoms with Crippen LogP contribution < -0.4 is 5.32 Å². The average Bonchev–Trinajstić information content (AvgIpc) is 2.82. The van der Waals surface area contributed by atoms with Gasteiger partial charge in [0, 0.05) is 19.1 Å². The summed E-state index contributed by atoms with van der Waals surface area (Å²) in [6, 6.07) is 0.702. The Morgan fingerprint density at radius 3 is 2.77 bits per heavy atom. The first kappa shape index (κ1) is 9.25. The third kappa shape index (κ3) is 2.33. The van der Waals surface area contributed by atoms with Crippen molar-refractivity contribution in [2.45, 2.75) is 38.6 Å². The first-order valence-corrected chi connectivity index (χ1v) is 5.76. The lowest BCUT2D eigenvalue weighted by Gasteiger charge is -2.20. The summed E-state index contributed by atoms with van der Waals surface area (Å²) >= 11 is 5.35. The molecule has 3 heteroatoms. The number of nitrogens with one attached hydrogen (secondary N) is 1. The summed E-state index contributed by atoms with van der Waals surface area (Å²) in [5, 5.41) is 4.40. The van der Waals surface area contributed by atoms with Gasteiger partial charge in [0.15, 0.2) is 5.11 Å². The van der Waals surface area contributed by atoms with Crippen molar-refractivity contribution in [2.24, 2.45) is 5.92 Å². The van der Waals surface area contributed by atoms with Crippen LogP contribution in [0.5, 0.6) is 0 Å². The van der Waals surface area contributed by atoms with Gasteiger partial charge in [-0.2, -0.15) is 0 Å². The van der Waals surface area contributed by atoms with E-state index in [4.69, 9.17) is 12.2 Å². The molecule has 1 heterocycles. The second-order valence-electron chi connectivity index (χ2n) is 4.23. The third-order valence-corrected chi connectivity index (χ3v) is 3.43. The minimum absolute atomic E-state index is 0.702. The Bertz CT molecular complexity index is 201. The minimum atomic E-state index is 0.702. The number of nitrogens with zero attached hydrogens (tertiary/aromatic N) is 1. The second-order valence-corrected chi connectivity index (χ2v) is 4.62. The Morgan fingerprint density at radius 1 is 1.46 bits per heavy atom. The van der Waals surface area contributed by atoms with Gasteiger partial charge in [-0.15, -0.1) is 0 Å². The number of rotatable bonds is 2. The van der Waals surface area contributed by atoms with Gasteiger partial charge in [0.1, 0.15) is 0 Å². The van der Waals surface area contributed by atoms with E-state index < -0.39 is 0 Å². The van der Waals surface area contributed by atoms with Crippen LogP contribution in [0.2, 0.25) is 0 Å². The highest BCUT2D eigenvalue weighted by Crippen LogP contribution is 2.22. The SMILES string of the molecule is CCC1CCN(C(=S)NC2CC2)C1. The zero-order chi connectivity index (χ0) is 9.26. The molecule has 2 fully saturated rings. The van der Waals surface area contributed by atoms with E-state index in [-0.39, 0.29) is 0 Å². The van der Waals surface area contributed by atoms with Crippen molar-refractivity contribution in [3.63, 3.8) is 0 Å². The lowest BCUT2D eigenvalue weighted by atomic mass is 10.1. The van der Waals surface area contributed by atoms with Crippen molar-refractivity contribution >= 4 is 17.3 Å². The molecule has 0 aromatic heterocycles. The van der Waals surface area contributed by atoms with Crippen LogP contribution in [-0.4, -0.2) is 29.1 Å². The molecule has 1 unspecified atom stereocenters. The maximum atomic E-state index is 5.35. The Labute approximate surface area is 85.7 Å². The molecular formula is C10H18N2S. The average molecular weight is 198 g/mol. The smallest absolute Gasteiger partial charge is 0.169 e. The van der Waals surface area contributed by atoms with Crippen LogP contribution in [0.25, 0.3) is 0 Å². The van der Waals surface area contributed by atoms with Crippen molar-refractivity contribution in [1.29, 1.82) is 0 Å². The molecule has 1 saturated carbocycles. The fraction of sp³-hybridized carbons (Fsp3) is 0.900. The standard InChI is InChI=1S/C10H18N2S/c1-2-8-5-6-12(7-8)10(13)11-9-3-4-9/h8-9H,2-7H2,1H3,(H,11,13). The van der Waals surface area contributed by atoms with Gasteiger partial charge in [-0.3, -0.25) is 0 Å². The second kappa shape index (κ2) is 3.82. The van der Waals surface area contributed by atoms with Gasteiger partial charge >= 0.3 is 0 Å². The highest BCUT2D eigenvalue weighted by atomic mass is 32.1. The van der Waals surface area contributed by atoms with E-state index in [1.165, 1.54) is 32.2 Å². The summed E-state index contributed by atoms with van der Waals surface area (Å²) in [4.78, 5) is 2.34. The molecule has 0 amide bonds. The van der Waals surface area contributed by atoms with E-state index in [0.717, 1.165) is 17.6 Å². The van der Waals surface area contributed by atoms with E-state index in [1.807, 2.05) is 0 Å². The zero-order valence-electron chi connectivity index (χ0n) is 8.25. The van der Waals surface area contributed by atoms with Crippen LogP contribution in [-0.2, 0) is 0 Å². The molecule has 13 heavy (non-hydrogen) atoms. The van der Waals surface area contributed by atoms with E-state index in [1.54, 1.807) is 0 Å². The maximum Gasteiger partial charge on any atom is 0.169 e. The fourth-order valence-corrected chi connectivity index (χ4v) is 2.18. The van der Waals surface area contributed by atoms with E-state index in [0.29, 0.717) is 6.04 Å². The first-order chi connectivity index (χ1) is 6.29. The summed E-state index contributed by atoms with van der Waals surface area (Å²) in [5.41, 5.74) is 0. The van der Waals surface area contributed by atoms with Crippen molar-refractivity contribution in [2.75, 3.05) is 13.1 Å². The molecule has 0 aromatic carbocycles. The Kier molecular flexibility index (Phi) is 2.72. The molecular weight excluding hydrogens is 180 g/mol. The lowest BCUT2D eigenvalue weighted by Crippen LogP contribution is -2.39. The van der Waals surface area contributed by atoms with Crippen molar-refractivity contribution in [1.82, 2.24) is 10.2 Å². The largest absolute Gasteiger partial charge is 0.360 e. The fourth-order valence-electron chi connectivity index (χ4n) is 1.84. The van der Waals surface area contributed by atoms with Gasteiger partial charge in [-0.05, 0) is 37.4 Å². The highest BCUT2D eigenvalue weighted by molar-refractivity contribution is 7.80. The normalized spacial score (nSPS) is 27.8. The third-order valence-electron chi connectivity index (χ3n) is 3.06. The molecule has 1 atom stereocenters. The van der Waals surface area contributed by atoms with E-state index in [9.17, 15) is 0 Å². The topological polar surface area (TPSA) is 15.3 Å². The van der Waals surface area contributed by atoms with Gasteiger partial charge in [0.05, 0.1) is 0 Å². The summed E-state index contributed by atoms with van der Waals surface area (Å²) < 4.78 is 0. The van der Waals surface area contributed by atoms with Gasteiger partial charge in [-0.1, -0.05) is 13.3 Å². The van der Waals surface area contributed by atoms with Gasteiger partial charge in [-0.25, -0.2) is 0 Å². The molecule has 0 radical (unpaired) electrons. The predicted molar refractivity (Wildman–Crippen MR) is 58.7 cm³/mol. The highest BCUT2D eigenvalue weighted by Gasteiger charge is 2.27. The van der Waals surface area contributed by atoms with Crippen LogP contribution in [0.15, 0.2) is 0 Å². The molecule has 1 saturated heterocycles. The predicted octanol–water partition coefficient (Wildman–Crippen LogP) is 1.76. The van der Waals surface area contributed by atoms with Crippen LogP contribution in [0, 0.1) is 5.92 Å².